The second-order valence-corrected chi connectivity index (χ2v) is 5.06. The molecule has 1 aromatic heterocycles. The highest BCUT2D eigenvalue weighted by molar-refractivity contribution is 7.09. The summed E-state index contributed by atoms with van der Waals surface area (Å²) in [4.78, 5) is 15.0. The first-order valence-corrected chi connectivity index (χ1v) is 6.55. The number of nitrogens with one attached hydrogen (secondary N) is 1. The van der Waals surface area contributed by atoms with Crippen LogP contribution in [0.1, 0.15) is 25.6 Å². The highest BCUT2D eigenvalue weighted by atomic mass is 32.1. The van der Waals surface area contributed by atoms with Gasteiger partial charge in [-0.15, -0.1) is 11.3 Å². The predicted octanol–water partition coefficient (Wildman–Crippen LogP) is 2.09. The third-order valence-electron chi connectivity index (χ3n) is 2.32. The Labute approximate surface area is 101 Å². The molecule has 16 heavy (non-hydrogen) atoms. The van der Waals surface area contributed by atoms with Crippen LogP contribution < -0.4 is 5.32 Å². The number of thiophene rings is 1. The average molecular weight is 240 g/mol. The van der Waals surface area contributed by atoms with E-state index in [1.54, 1.807) is 11.3 Å². The van der Waals surface area contributed by atoms with Crippen LogP contribution in [0.2, 0.25) is 0 Å². The van der Waals surface area contributed by atoms with Crippen molar-refractivity contribution in [1.29, 1.82) is 0 Å². The topological polar surface area (TPSA) is 32.3 Å². The first-order chi connectivity index (χ1) is 7.63. The Kier molecular flexibility index (Phi) is 5.49. The first-order valence-electron chi connectivity index (χ1n) is 5.67. The van der Waals surface area contributed by atoms with Gasteiger partial charge in [-0.05, 0) is 18.4 Å². The highest BCUT2D eigenvalue weighted by Gasteiger charge is 2.12. The van der Waals surface area contributed by atoms with Crippen LogP contribution in [-0.4, -0.2) is 29.9 Å². The van der Waals surface area contributed by atoms with Crippen molar-refractivity contribution in [3.05, 3.63) is 22.4 Å². The summed E-state index contributed by atoms with van der Waals surface area (Å²) in [6.07, 6.45) is 0. The van der Waals surface area contributed by atoms with Gasteiger partial charge in [-0.2, -0.15) is 0 Å². The molecule has 1 N–H and O–H groups in total. The number of likely N-dealkylation sites (N-methyl/N-ethyl adjacent to an activating group) is 1. The molecule has 0 saturated carbocycles. The van der Waals surface area contributed by atoms with Gasteiger partial charge in [0.25, 0.3) is 0 Å². The van der Waals surface area contributed by atoms with Crippen molar-refractivity contribution in [3.63, 3.8) is 0 Å². The molecule has 1 amide bonds. The Balaban J connectivity index is 2.44. The molecule has 0 bridgehead atoms. The van der Waals surface area contributed by atoms with Crippen LogP contribution in [0.3, 0.4) is 0 Å². The van der Waals surface area contributed by atoms with E-state index >= 15 is 0 Å². The Morgan fingerprint density at radius 3 is 2.81 bits per heavy atom. The van der Waals surface area contributed by atoms with Gasteiger partial charge in [0.1, 0.15) is 0 Å². The molecule has 1 heterocycles. The van der Waals surface area contributed by atoms with Crippen LogP contribution in [0.5, 0.6) is 0 Å². The molecule has 0 aliphatic rings. The van der Waals surface area contributed by atoms with Gasteiger partial charge in [0.2, 0.25) is 5.91 Å². The first kappa shape index (κ1) is 13.2. The van der Waals surface area contributed by atoms with Gasteiger partial charge in [0.05, 0.1) is 13.1 Å². The monoisotopic (exact) mass is 240 g/mol. The Morgan fingerprint density at radius 2 is 2.31 bits per heavy atom. The molecule has 0 radical (unpaired) electrons. The maximum absolute atomic E-state index is 11.9. The fourth-order valence-electron chi connectivity index (χ4n) is 1.37. The van der Waals surface area contributed by atoms with Gasteiger partial charge in [-0.3, -0.25) is 4.79 Å². The Bertz CT molecular complexity index is 309. The molecule has 3 nitrogen and oxygen atoms in total. The molecule has 0 saturated heterocycles. The third kappa shape index (κ3) is 4.33. The van der Waals surface area contributed by atoms with E-state index in [2.05, 4.69) is 11.4 Å². The lowest BCUT2D eigenvalue weighted by Crippen LogP contribution is -2.39. The second-order valence-electron chi connectivity index (χ2n) is 4.02. The molecule has 0 aromatic carbocycles. The molecule has 0 aliphatic carbocycles. The SMILES string of the molecule is CCN(Cc1cccs1)C(=O)CNC(C)C. The van der Waals surface area contributed by atoms with Crippen molar-refractivity contribution in [2.24, 2.45) is 0 Å². The number of carbonyl (C=O) groups is 1. The number of amides is 1. The number of nitrogens with zero attached hydrogens (tertiary/aromatic N) is 1. The van der Waals surface area contributed by atoms with E-state index in [0.717, 1.165) is 13.1 Å². The van der Waals surface area contributed by atoms with Crippen molar-refractivity contribution in [2.45, 2.75) is 33.4 Å². The van der Waals surface area contributed by atoms with Crippen molar-refractivity contribution in [2.75, 3.05) is 13.1 Å². The Morgan fingerprint density at radius 1 is 1.56 bits per heavy atom. The van der Waals surface area contributed by atoms with E-state index in [9.17, 15) is 4.79 Å². The summed E-state index contributed by atoms with van der Waals surface area (Å²) in [5.74, 6) is 0.171. The molecule has 0 spiro atoms. The Hall–Kier alpha value is -0.870. The van der Waals surface area contributed by atoms with Crippen LogP contribution in [0.4, 0.5) is 0 Å². The second kappa shape index (κ2) is 6.66. The predicted molar refractivity (Wildman–Crippen MR) is 68.5 cm³/mol. The molecule has 0 unspecified atom stereocenters. The lowest BCUT2D eigenvalue weighted by molar-refractivity contribution is -0.130. The summed E-state index contributed by atoms with van der Waals surface area (Å²) in [6, 6.07) is 4.44. The zero-order chi connectivity index (χ0) is 12.0. The minimum atomic E-state index is 0.171. The normalized spacial score (nSPS) is 10.8. The van der Waals surface area contributed by atoms with Crippen LogP contribution >= 0.6 is 11.3 Å². The van der Waals surface area contributed by atoms with Gasteiger partial charge in [-0.25, -0.2) is 0 Å². The fraction of sp³-hybridized carbons (Fsp3) is 0.583. The van der Waals surface area contributed by atoms with Crippen molar-refractivity contribution in [1.82, 2.24) is 10.2 Å². The maximum Gasteiger partial charge on any atom is 0.236 e. The zero-order valence-electron chi connectivity index (χ0n) is 10.2. The van der Waals surface area contributed by atoms with Gasteiger partial charge in [0.15, 0.2) is 0 Å². The van der Waals surface area contributed by atoms with Crippen molar-refractivity contribution in [3.8, 4) is 0 Å². The molecule has 1 aromatic rings. The highest BCUT2D eigenvalue weighted by Crippen LogP contribution is 2.11. The molecule has 1 rings (SSSR count). The molecule has 0 atom stereocenters. The smallest absolute Gasteiger partial charge is 0.236 e. The zero-order valence-corrected chi connectivity index (χ0v) is 11.0. The minimum absolute atomic E-state index is 0.171. The molecular weight excluding hydrogens is 220 g/mol. The van der Waals surface area contributed by atoms with E-state index in [-0.39, 0.29) is 5.91 Å². The summed E-state index contributed by atoms with van der Waals surface area (Å²) in [5, 5.41) is 5.19. The van der Waals surface area contributed by atoms with E-state index < -0.39 is 0 Å². The number of carbonyl (C=O) groups excluding carboxylic acids is 1. The van der Waals surface area contributed by atoms with Crippen molar-refractivity contribution < 1.29 is 4.79 Å². The molecule has 0 aliphatic heterocycles. The van der Waals surface area contributed by atoms with Crippen LogP contribution in [0.15, 0.2) is 17.5 Å². The van der Waals surface area contributed by atoms with E-state index in [1.807, 2.05) is 37.1 Å². The van der Waals surface area contributed by atoms with Gasteiger partial charge >= 0.3 is 0 Å². The van der Waals surface area contributed by atoms with E-state index in [0.29, 0.717) is 12.6 Å². The minimum Gasteiger partial charge on any atom is -0.337 e. The molecule has 4 heteroatoms. The van der Waals surface area contributed by atoms with Gasteiger partial charge < -0.3 is 10.2 Å². The van der Waals surface area contributed by atoms with Crippen LogP contribution in [0, 0.1) is 0 Å². The standard InChI is InChI=1S/C12H20N2OS/c1-4-14(9-11-6-5-7-16-11)12(15)8-13-10(2)3/h5-7,10,13H,4,8-9H2,1-3H3. The number of hydrogen-bond donors (Lipinski definition) is 1. The summed E-state index contributed by atoms with van der Waals surface area (Å²) in [6.45, 7) is 8.02. The summed E-state index contributed by atoms with van der Waals surface area (Å²) >= 11 is 1.69. The lowest BCUT2D eigenvalue weighted by atomic mass is 10.3. The quantitative estimate of drug-likeness (QED) is 0.826. The summed E-state index contributed by atoms with van der Waals surface area (Å²) in [5.41, 5.74) is 0. The van der Waals surface area contributed by atoms with Gasteiger partial charge in [-0.1, -0.05) is 19.9 Å². The van der Waals surface area contributed by atoms with Gasteiger partial charge in [0, 0.05) is 17.5 Å². The molecule has 0 fully saturated rings. The van der Waals surface area contributed by atoms with Crippen LogP contribution in [-0.2, 0) is 11.3 Å². The molecular formula is C12H20N2OS. The van der Waals surface area contributed by atoms with Crippen LogP contribution in [0.25, 0.3) is 0 Å². The van der Waals surface area contributed by atoms with E-state index in [1.165, 1.54) is 4.88 Å². The van der Waals surface area contributed by atoms with E-state index in [4.69, 9.17) is 0 Å². The lowest BCUT2D eigenvalue weighted by Gasteiger charge is -2.21. The third-order valence-corrected chi connectivity index (χ3v) is 3.18. The summed E-state index contributed by atoms with van der Waals surface area (Å²) in [7, 11) is 0. The fourth-order valence-corrected chi connectivity index (χ4v) is 2.09. The number of hydrogen-bond acceptors (Lipinski definition) is 3. The number of rotatable bonds is 6. The van der Waals surface area contributed by atoms with Crippen molar-refractivity contribution >= 4 is 17.2 Å². The molecule has 90 valence electrons. The largest absolute Gasteiger partial charge is 0.337 e. The maximum atomic E-state index is 11.9. The summed E-state index contributed by atoms with van der Waals surface area (Å²) < 4.78 is 0. The average Bonchev–Trinajstić information content (AvgIpc) is 2.75.